The highest BCUT2D eigenvalue weighted by atomic mass is 32.1. The zero-order valence-electron chi connectivity index (χ0n) is 19.6. The summed E-state index contributed by atoms with van der Waals surface area (Å²) in [5.41, 5.74) is 1.45. The molecule has 4 aromatic heterocycles. The third-order valence-corrected chi connectivity index (χ3v) is 6.99. The van der Waals surface area contributed by atoms with Gasteiger partial charge in [0.1, 0.15) is 6.54 Å². The summed E-state index contributed by atoms with van der Waals surface area (Å²) in [6.45, 7) is 3.05. The molecule has 0 spiro atoms. The van der Waals surface area contributed by atoms with E-state index in [9.17, 15) is 14.4 Å². The van der Waals surface area contributed by atoms with Crippen molar-refractivity contribution < 1.29 is 4.79 Å². The molecule has 4 heterocycles. The van der Waals surface area contributed by atoms with Gasteiger partial charge in [0.15, 0.2) is 16.3 Å². The second-order valence-electron chi connectivity index (χ2n) is 8.42. The number of hydrogen-bond acceptors (Lipinski definition) is 7. The summed E-state index contributed by atoms with van der Waals surface area (Å²) in [5.74, 6) is -0.221. The van der Waals surface area contributed by atoms with Crippen LogP contribution in [0.5, 0.6) is 0 Å². The molecular weight excluding hydrogens is 468 g/mol. The highest BCUT2D eigenvalue weighted by Crippen LogP contribution is 2.30. The molecule has 0 aliphatic carbocycles. The summed E-state index contributed by atoms with van der Waals surface area (Å²) in [7, 11) is 2.96. The summed E-state index contributed by atoms with van der Waals surface area (Å²) in [6.07, 6.45) is 7.46. The normalized spacial score (nSPS) is 11.5. The fraction of sp³-hybridized carbons (Fsp3) is 0.304. The Balaban J connectivity index is 1.48. The van der Waals surface area contributed by atoms with Crippen LogP contribution >= 0.6 is 11.3 Å². The molecular formula is C23H24N8O3S. The summed E-state index contributed by atoms with van der Waals surface area (Å²) < 4.78 is 6.78. The first-order valence-electron chi connectivity index (χ1n) is 11.1. The van der Waals surface area contributed by atoms with Gasteiger partial charge in [-0.05, 0) is 31.0 Å². The van der Waals surface area contributed by atoms with E-state index in [0.29, 0.717) is 24.6 Å². The number of carbonyl (C=O) groups excluding carboxylic acids is 1. The highest BCUT2D eigenvalue weighted by Gasteiger charge is 2.22. The van der Waals surface area contributed by atoms with Gasteiger partial charge < -0.3 is 9.13 Å². The van der Waals surface area contributed by atoms with Crippen molar-refractivity contribution >= 4 is 43.8 Å². The molecule has 11 nitrogen and oxygen atoms in total. The molecule has 0 saturated carbocycles. The minimum atomic E-state index is -0.490. The Hall–Kier alpha value is -4.06. The average molecular weight is 493 g/mol. The van der Waals surface area contributed by atoms with Crippen LogP contribution in [0.3, 0.4) is 0 Å². The number of hydrogen-bond donors (Lipinski definition) is 0. The van der Waals surface area contributed by atoms with E-state index in [-0.39, 0.29) is 23.6 Å². The van der Waals surface area contributed by atoms with E-state index in [4.69, 9.17) is 4.98 Å². The van der Waals surface area contributed by atoms with Crippen molar-refractivity contribution in [2.45, 2.75) is 26.4 Å². The second-order valence-corrected chi connectivity index (χ2v) is 9.43. The number of anilines is 1. The van der Waals surface area contributed by atoms with Crippen molar-refractivity contribution in [3.63, 3.8) is 0 Å². The zero-order valence-corrected chi connectivity index (χ0v) is 20.4. The monoisotopic (exact) mass is 492 g/mol. The predicted molar refractivity (Wildman–Crippen MR) is 134 cm³/mol. The van der Waals surface area contributed by atoms with Crippen LogP contribution in [-0.4, -0.2) is 45.7 Å². The largest absolute Gasteiger partial charge is 0.337 e. The smallest absolute Gasteiger partial charge is 0.332 e. The van der Waals surface area contributed by atoms with E-state index in [2.05, 4.69) is 16.0 Å². The Kier molecular flexibility index (Phi) is 5.81. The number of fused-ring (bicyclic) bond motifs is 2. The molecule has 0 N–H and O–H groups in total. The number of nitrogens with zero attached hydrogens (tertiary/aromatic N) is 8. The molecule has 0 unspecified atom stereocenters. The second kappa shape index (κ2) is 8.95. The molecule has 12 heteroatoms. The lowest BCUT2D eigenvalue weighted by Crippen LogP contribution is -2.39. The molecule has 0 atom stereocenters. The summed E-state index contributed by atoms with van der Waals surface area (Å²) >= 11 is 1.46. The molecule has 0 saturated heterocycles. The Morgan fingerprint density at radius 3 is 2.74 bits per heavy atom. The zero-order chi connectivity index (χ0) is 24.7. The first-order chi connectivity index (χ1) is 16.8. The summed E-state index contributed by atoms with van der Waals surface area (Å²) in [4.78, 5) is 53.3. The summed E-state index contributed by atoms with van der Waals surface area (Å²) in [6, 6.07) is 6.00. The number of thiazole rings is 1. The van der Waals surface area contributed by atoms with Gasteiger partial charge in [-0.3, -0.25) is 23.6 Å². The number of amides is 1. The van der Waals surface area contributed by atoms with Crippen LogP contribution in [0.1, 0.15) is 12.0 Å². The van der Waals surface area contributed by atoms with Crippen LogP contribution in [-0.2, 0) is 32.0 Å². The molecule has 1 aromatic carbocycles. The van der Waals surface area contributed by atoms with Crippen molar-refractivity contribution in [3.05, 3.63) is 69.6 Å². The van der Waals surface area contributed by atoms with Crippen LogP contribution in [0.4, 0.5) is 5.13 Å². The van der Waals surface area contributed by atoms with Gasteiger partial charge in [-0.1, -0.05) is 17.4 Å². The lowest BCUT2D eigenvalue weighted by Gasteiger charge is -2.20. The van der Waals surface area contributed by atoms with Gasteiger partial charge in [0, 0.05) is 39.6 Å². The standard InChI is InChI=1S/C23H24N8O3S/c1-15-5-6-16-17(11-15)35-22(26-16)31(9-4-8-29-10-7-24-13-29)18(32)12-30-14-25-20-19(30)21(33)28(3)23(34)27(20)2/h5-7,10-11,13-14H,4,8-9,12H2,1-3H3. The SMILES string of the molecule is Cc1ccc2nc(N(CCCn3ccnc3)C(=O)Cn3cnc4c3c(=O)n(C)c(=O)n4C)sc2c1. The fourth-order valence-corrected chi connectivity index (χ4v) is 5.15. The first kappa shape index (κ1) is 22.7. The van der Waals surface area contributed by atoms with Gasteiger partial charge in [0.2, 0.25) is 5.91 Å². The van der Waals surface area contributed by atoms with Crippen LogP contribution in [0, 0.1) is 6.92 Å². The molecule has 5 aromatic rings. The lowest BCUT2D eigenvalue weighted by molar-refractivity contribution is -0.119. The maximum atomic E-state index is 13.6. The van der Waals surface area contributed by atoms with Crippen molar-refractivity contribution in [2.24, 2.45) is 14.1 Å². The molecule has 180 valence electrons. The quantitative estimate of drug-likeness (QED) is 0.342. The molecule has 0 bridgehead atoms. The van der Waals surface area contributed by atoms with Crippen molar-refractivity contribution in [2.75, 3.05) is 11.4 Å². The van der Waals surface area contributed by atoms with Crippen LogP contribution < -0.4 is 16.1 Å². The molecule has 0 aliphatic rings. The van der Waals surface area contributed by atoms with Gasteiger partial charge >= 0.3 is 5.69 Å². The van der Waals surface area contributed by atoms with E-state index >= 15 is 0 Å². The van der Waals surface area contributed by atoms with Crippen LogP contribution in [0.15, 0.2) is 52.8 Å². The molecule has 0 radical (unpaired) electrons. The van der Waals surface area contributed by atoms with Gasteiger partial charge in [-0.15, -0.1) is 0 Å². The Morgan fingerprint density at radius 1 is 1.14 bits per heavy atom. The van der Waals surface area contributed by atoms with Crippen LogP contribution in [0.25, 0.3) is 21.4 Å². The van der Waals surface area contributed by atoms with E-state index in [1.165, 1.54) is 33.8 Å². The van der Waals surface area contributed by atoms with E-state index in [1.54, 1.807) is 24.5 Å². The highest BCUT2D eigenvalue weighted by molar-refractivity contribution is 7.22. The topological polar surface area (TPSA) is 113 Å². The third kappa shape index (κ3) is 4.16. The molecule has 35 heavy (non-hydrogen) atoms. The van der Waals surface area contributed by atoms with E-state index in [1.807, 2.05) is 29.8 Å². The Morgan fingerprint density at radius 2 is 1.97 bits per heavy atom. The minimum Gasteiger partial charge on any atom is -0.337 e. The predicted octanol–water partition coefficient (Wildman–Crippen LogP) is 1.67. The molecule has 0 aliphatic heterocycles. The van der Waals surface area contributed by atoms with Gasteiger partial charge in [0.05, 0.1) is 22.9 Å². The minimum absolute atomic E-state index is 0.107. The van der Waals surface area contributed by atoms with E-state index in [0.717, 1.165) is 20.3 Å². The van der Waals surface area contributed by atoms with Gasteiger partial charge in [-0.25, -0.2) is 19.7 Å². The van der Waals surface area contributed by atoms with E-state index < -0.39 is 11.2 Å². The number of benzene rings is 1. The Bertz CT molecular complexity index is 1660. The maximum absolute atomic E-state index is 13.6. The number of imidazole rings is 2. The van der Waals surface area contributed by atoms with Gasteiger partial charge in [0.25, 0.3) is 5.56 Å². The Labute approximate surface area is 203 Å². The number of aryl methyl sites for hydroxylation is 3. The lowest BCUT2D eigenvalue weighted by atomic mass is 10.2. The first-order valence-corrected chi connectivity index (χ1v) is 11.9. The summed E-state index contributed by atoms with van der Waals surface area (Å²) in [5, 5.41) is 0.603. The van der Waals surface area contributed by atoms with Crippen molar-refractivity contribution in [1.82, 2.24) is 33.2 Å². The van der Waals surface area contributed by atoms with Crippen molar-refractivity contribution in [3.8, 4) is 0 Å². The number of rotatable bonds is 7. The molecule has 0 fully saturated rings. The maximum Gasteiger partial charge on any atom is 0.332 e. The van der Waals surface area contributed by atoms with Crippen molar-refractivity contribution in [1.29, 1.82) is 0 Å². The van der Waals surface area contributed by atoms with Crippen LogP contribution in [0.2, 0.25) is 0 Å². The fourth-order valence-electron chi connectivity index (χ4n) is 4.04. The van der Waals surface area contributed by atoms with Gasteiger partial charge in [-0.2, -0.15) is 0 Å². The number of carbonyl (C=O) groups is 1. The average Bonchev–Trinajstić information content (AvgIpc) is 3.58. The third-order valence-electron chi connectivity index (χ3n) is 5.94. The molecule has 1 amide bonds. The molecule has 5 rings (SSSR count). The number of aromatic nitrogens is 7.